The van der Waals surface area contributed by atoms with Crippen molar-refractivity contribution in [3.8, 4) is 17.1 Å². The van der Waals surface area contributed by atoms with Gasteiger partial charge in [-0.2, -0.15) is 0 Å². The molecule has 0 aliphatic rings. The zero-order valence-corrected chi connectivity index (χ0v) is 13.4. The lowest BCUT2D eigenvalue weighted by Crippen LogP contribution is -1.94. The van der Waals surface area contributed by atoms with E-state index in [1.54, 1.807) is 31.7 Å². The highest BCUT2D eigenvalue weighted by Crippen LogP contribution is 2.34. The summed E-state index contributed by atoms with van der Waals surface area (Å²) >= 11 is 0. The van der Waals surface area contributed by atoms with E-state index in [9.17, 15) is 8.78 Å². The van der Waals surface area contributed by atoms with Gasteiger partial charge in [-0.3, -0.25) is 0 Å². The molecule has 0 amide bonds. The van der Waals surface area contributed by atoms with E-state index >= 15 is 0 Å². The van der Waals surface area contributed by atoms with Crippen molar-refractivity contribution in [2.45, 2.75) is 0 Å². The lowest BCUT2D eigenvalue weighted by molar-refractivity contribution is 0.380. The highest BCUT2D eigenvalue weighted by Gasteiger charge is 2.18. The third-order valence-electron chi connectivity index (χ3n) is 4.03. The molecule has 0 aliphatic heterocycles. The molecule has 3 heterocycles. The fourth-order valence-corrected chi connectivity index (χ4v) is 2.81. The number of hydrogen-bond donors (Lipinski definition) is 2. The van der Waals surface area contributed by atoms with Gasteiger partial charge in [-0.1, -0.05) is 0 Å². The molecular formula is C17H13F2N5O. The topological polar surface area (TPSA) is 75.7 Å². The van der Waals surface area contributed by atoms with Gasteiger partial charge in [0.05, 0.1) is 18.3 Å². The van der Waals surface area contributed by atoms with Crippen LogP contribution in [0.25, 0.3) is 33.1 Å². The Morgan fingerprint density at radius 1 is 1.04 bits per heavy atom. The van der Waals surface area contributed by atoms with Crippen molar-refractivity contribution in [2.75, 3.05) is 19.5 Å². The number of anilines is 1. The summed E-state index contributed by atoms with van der Waals surface area (Å²) in [6, 6.07) is 3.09. The first-order valence-corrected chi connectivity index (χ1v) is 7.46. The maximum absolute atomic E-state index is 14.4. The number of nitrogens with one attached hydrogen (secondary N) is 2. The number of aromatic amines is 1. The van der Waals surface area contributed by atoms with E-state index in [1.807, 2.05) is 0 Å². The summed E-state index contributed by atoms with van der Waals surface area (Å²) in [5.74, 6) is -1.83. The van der Waals surface area contributed by atoms with Crippen LogP contribution < -0.4 is 10.1 Å². The highest BCUT2D eigenvalue weighted by atomic mass is 19.2. The Morgan fingerprint density at radius 2 is 1.76 bits per heavy atom. The number of H-pyrrole nitrogens is 1. The predicted molar refractivity (Wildman–Crippen MR) is 90.6 cm³/mol. The fourth-order valence-electron chi connectivity index (χ4n) is 2.81. The average molecular weight is 341 g/mol. The number of aromatic nitrogens is 4. The predicted octanol–water partition coefficient (Wildman–Crippen LogP) is 3.50. The molecule has 8 heteroatoms. The van der Waals surface area contributed by atoms with Crippen LogP contribution in [0.3, 0.4) is 0 Å². The molecule has 4 rings (SSSR count). The summed E-state index contributed by atoms with van der Waals surface area (Å²) in [7, 11) is 3.12. The Balaban J connectivity index is 1.98. The van der Waals surface area contributed by atoms with Gasteiger partial charge in [-0.15, -0.1) is 0 Å². The van der Waals surface area contributed by atoms with E-state index in [4.69, 9.17) is 4.74 Å². The third kappa shape index (κ3) is 2.34. The van der Waals surface area contributed by atoms with E-state index in [0.717, 1.165) is 6.07 Å². The van der Waals surface area contributed by atoms with Gasteiger partial charge >= 0.3 is 6.01 Å². The van der Waals surface area contributed by atoms with Crippen LogP contribution in [0.2, 0.25) is 0 Å². The number of hydrogen-bond acceptors (Lipinski definition) is 5. The summed E-state index contributed by atoms with van der Waals surface area (Å²) < 4.78 is 33.3. The minimum atomic E-state index is -0.920. The van der Waals surface area contributed by atoms with Gasteiger partial charge in [0.2, 0.25) is 0 Å². The number of benzene rings is 1. The van der Waals surface area contributed by atoms with Crippen molar-refractivity contribution in [1.29, 1.82) is 0 Å². The van der Waals surface area contributed by atoms with Gasteiger partial charge in [0, 0.05) is 53.6 Å². The SMILES string of the molecule is CNc1cc(F)c(F)c2c1[nH]c1ncc(-c3cnc(OC)nc3)cc12. The van der Waals surface area contributed by atoms with Crippen molar-refractivity contribution in [3.05, 3.63) is 42.4 Å². The minimum absolute atomic E-state index is 0.156. The summed E-state index contributed by atoms with van der Waals surface area (Å²) in [4.78, 5) is 15.5. The van der Waals surface area contributed by atoms with Crippen LogP contribution in [-0.4, -0.2) is 34.1 Å². The monoisotopic (exact) mass is 341 g/mol. The highest BCUT2D eigenvalue weighted by molar-refractivity contribution is 6.11. The Hall–Kier alpha value is -3.29. The second-order valence-corrected chi connectivity index (χ2v) is 5.42. The summed E-state index contributed by atoms with van der Waals surface area (Å²) in [6.45, 7) is 0. The van der Waals surface area contributed by atoms with Gasteiger partial charge in [-0.05, 0) is 6.07 Å². The quantitative estimate of drug-likeness (QED) is 0.596. The van der Waals surface area contributed by atoms with Crippen molar-refractivity contribution in [1.82, 2.24) is 19.9 Å². The summed E-state index contributed by atoms with van der Waals surface area (Å²) in [5.41, 5.74) is 2.77. The zero-order valence-electron chi connectivity index (χ0n) is 13.4. The molecule has 0 fully saturated rings. The largest absolute Gasteiger partial charge is 0.467 e. The molecule has 1 aromatic carbocycles. The first kappa shape index (κ1) is 15.3. The van der Waals surface area contributed by atoms with E-state index in [-0.39, 0.29) is 11.4 Å². The smallest absolute Gasteiger partial charge is 0.316 e. The molecule has 0 aliphatic carbocycles. The normalized spacial score (nSPS) is 11.2. The number of ether oxygens (including phenoxy) is 1. The van der Waals surface area contributed by atoms with Crippen molar-refractivity contribution in [3.63, 3.8) is 0 Å². The molecule has 3 aromatic heterocycles. The van der Waals surface area contributed by atoms with Gasteiger partial charge in [0.15, 0.2) is 11.6 Å². The van der Waals surface area contributed by atoms with E-state index in [0.29, 0.717) is 33.4 Å². The van der Waals surface area contributed by atoms with Crippen LogP contribution >= 0.6 is 0 Å². The maximum Gasteiger partial charge on any atom is 0.316 e. The number of pyridine rings is 1. The first-order valence-electron chi connectivity index (χ1n) is 7.46. The molecule has 0 radical (unpaired) electrons. The van der Waals surface area contributed by atoms with Crippen LogP contribution in [0.15, 0.2) is 30.7 Å². The molecule has 6 nitrogen and oxygen atoms in total. The molecule has 4 aromatic rings. The first-order chi connectivity index (χ1) is 12.1. The molecule has 0 atom stereocenters. The lowest BCUT2D eigenvalue weighted by atomic mass is 10.1. The van der Waals surface area contributed by atoms with Gasteiger partial charge in [0.25, 0.3) is 0 Å². The van der Waals surface area contributed by atoms with Crippen LogP contribution in [0.1, 0.15) is 0 Å². The Morgan fingerprint density at radius 3 is 2.44 bits per heavy atom. The molecule has 25 heavy (non-hydrogen) atoms. The summed E-state index contributed by atoms with van der Waals surface area (Å²) in [5, 5.41) is 3.50. The Kier molecular flexibility index (Phi) is 3.45. The zero-order chi connectivity index (χ0) is 17.6. The van der Waals surface area contributed by atoms with Gasteiger partial charge < -0.3 is 15.0 Å². The number of rotatable bonds is 3. The van der Waals surface area contributed by atoms with Crippen molar-refractivity contribution in [2.24, 2.45) is 0 Å². The van der Waals surface area contributed by atoms with Crippen LogP contribution in [0.5, 0.6) is 6.01 Å². The molecule has 0 saturated carbocycles. The van der Waals surface area contributed by atoms with Crippen LogP contribution in [0, 0.1) is 11.6 Å². The number of fused-ring (bicyclic) bond motifs is 3. The molecule has 2 N–H and O–H groups in total. The number of halogens is 2. The van der Waals surface area contributed by atoms with Crippen molar-refractivity contribution >= 4 is 27.6 Å². The molecule has 126 valence electrons. The van der Waals surface area contributed by atoms with E-state index in [1.165, 1.54) is 7.11 Å². The number of nitrogens with zero attached hydrogens (tertiary/aromatic N) is 3. The number of methoxy groups -OCH3 is 1. The van der Waals surface area contributed by atoms with Gasteiger partial charge in [-0.25, -0.2) is 23.7 Å². The summed E-state index contributed by atoms with van der Waals surface area (Å²) in [6.07, 6.45) is 4.79. The fraction of sp³-hybridized carbons (Fsp3) is 0.118. The lowest BCUT2D eigenvalue weighted by Gasteiger charge is -2.04. The average Bonchev–Trinajstić information content (AvgIpc) is 3.03. The van der Waals surface area contributed by atoms with Crippen LogP contribution in [-0.2, 0) is 0 Å². The molecule has 0 saturated heterocycles. The standard InChI is InChI=1S/C17H13F2N5O/c1-20-12-4-11(18)14(19)13-10-3-8(5-21-16(10)24-15(12)13)9-6-22-17(25-2)23-7-9/h3-7,20H,1-2H3,(H,21,24). The van der Waals surface area contributed by atoms with E-state index in [2.05, 4.69) is 25.3 Å². The Bertz CT molecular complexity index is 1090. The molecule has 0 spiro atoms. The molecule has 0 unspecified atom stereocenters. The van der Waals surface area contributed by atoms with Gasteiger partial charge in [0.1, 0.15) is 5.65 Å². The second kappa shape index (κ2) is 5.66. The van der Waals surface area contributed by atoms with Crippen LogP contribution in [0.4, 0.5) is 14.5 Å². The van der Waals surface area contributed by atoms with Crippen molar-refractivity contribution < 1.29 is 13.5 Å². The third-order valence-corrected chi connectivity index (χ3v) is 4.03. The molecule has 0 bridgehead atoms. The minimum Gasteiger partial charge on any atom is -0.467 e. The Labute approximate surface area is 140 Å². The molecular weight excluding hydrogens is 328 g/mol. The maximum atomic E-state index is 14.4. The second-order valence-electron chi connectivity index (χ2n) is 5.42. The van der Waals surface area contributed by atoms with E-state index < -0.39 is 11.6 Å².